The van der Waals surface area contributed by atoms with Crippen LogP contribution in [-0.2, 0) is 0 Å². The van der Waals surface area contributed by atoms with Crippen molar-refractivity contribution in [3.63, 3.8) is 0 Å². The zero-order valence-electron chi connectivity index (χ0n) is 21.2. The minimum atomic E-state index is -0.301. The molecule has 0 aliphatic rings. The Hall–Kier alpha value is -4.67. The van der Waals surface area contributed by atoms with Crippen LogP contribution in [0.15, 0.2) is 78.9 Å². The van der Waals surface area contributed by atoms with Crippen molar-refractivity contribution in [2.75, 3.05) is 19.0 Å². The van der Waals surface area contributed by atoms with Crippen molar-refractivity contribution >= 4 is 33.1 Å². The Morgan fingerprint density at radius 2 is 1.79 bits per heavy atom. The standard InChI is InChI=1S/C31H25N3O3S/c1-4-37-23-9-7-8-21(16-23)28-17-25(24-10-5-6-11-27(24)33-28)30(35)34-31-26(18-32)29(19(2)38-31)20-12-14-22(36-3)15-13-20/h5-17H,4H2,1-3H3,(H,34,35). The van der Waals surface area contributed by atoms with Gasteiger partial charge in [-0.1, -0.05) is 42.5 Å². The Balaban J connectivity index is 1.55. The second kappa shape index (κ2) is 10.8. The number of anilines is 1. The van der Waals surface area contributed by atoms with Gasteiger partial charge in [-0.05, 0) is 55.8 Å². The van der Waals surface area contributed by atoms with Crippen molar-refractivity contribution in [2.45, 2.75) is 13.8 Å². The average Bonchev–Trinajstić information content (AvgIpc) is 3.26. The largest absolute Gasteiger partial charge is 0.497 e. The molecule has 0 fully saturated rings. The summed E-state index contributed by atoms with van der Waals surface area (Å²) in [7, 11) is 1.61. The van der Waals surface area contributed by atoms with Crippen LogP contribution >= 0.6 is 11.3 Å². The summed E-state index contributed by atoms with van der Waals surface area (Å²) in [4.78, 5) is 19.5. The fourth-order valence-electron chi connectivity index (χ4n) is 4.44. The molecular weight excluding hydrogens is 494 g/mol. The quantitative estimate of drug-likeness (QED) is 0.241. The van der Waals surface area contributed by atoms with E-state index in [1.165, 1.54) is 11.3 Å². The molecule has 5 aromatic rings. The highest BCUT2D eigenvalue weighted by atomic mass is 32.1. The second-order valence-electron chi connectivity index (χ2n) is 8.56. The number of para-hydroxylation sites is 1. The fraction of sp³-hybridized carbons (Fsp3) is 0.129. The third-order valence-corrected chi connectivity index (χ3v) is 7.22. The molecule has 0 bridgehead atoms. The SMILES string of the molecule is CCOc1cccc(-c2cc(C(=O)Nc3sc(C)c(-c4ccc(OC)cc4)c3C#N)c3ccccc3n2)c1. The number of methoxy groups -OCH3 is 1. The number of thiophene rings is 1. The summed E-state index contributed by atoms with van der Waals surface area (Å²) < 4.78 is 10.9. The normalized spacial score (nSPS) is 10.7. The van der Waals surface area contributed by atoms with Gasteiger partial charge in [-0.15, -0.1) is 11.3 Å². The molecule has 0 saturated carbocycles. The van der Waals surface area contributed by atoms with Gasteiger partial charge in [0.25, 0.3) is 5.91 Å². The lowest BCUT2D eigenvalue weighted by atomic mass is 10.0. The molecule has 0 unspecified atom stereocenters. The number of ether oxygens (including phenoxy) is 2. The number of nitrogens with zero attached hydrogens (tertiary/aromatic N) is 2. The summed E-state index contributed by atoms with van der Waals surface area (Å²) in [5.74, 6) is 1.18. The van der Waals surface area contributed by atoms with E-state index in [1.807, 2.05) is 86.6 Å². The van der Waals surface area contributed by atoms with E-state index in [0.29, 0.717) is 33.9 Å². The van der Waals surface area contributed by atoms with E-state index in [2.05, 4.69) is 11.4 Å². The van der Waals surface area contributed by atoms with Gasteiger partial charge in [0, 0.05) is 21.4 Å². The molecule has 0 atom stereocenters. The number of rotatable bonds is 7. The molecule has 7 heteroatoms. The minimum absolute atomic E-state index is 0.301. The van der Waals surface area contributed by atoms with E-state index in [-0.39, 0.29) is 5.91 Å². The van der Waals surface area contributed by atoms with Crippen LogP contribution in [0.25, 0.3) is 33.3 Å². The summed E-state index contributed by atoms with van der Waals surface area (Å²) >= 11 is 1.39. The Kier molecular flexibility index (Phi) is 7.07. The van der Waals surface area contributed by atoms with Crippen LogP contribution in [0.3, 0.4) is 0 Å². The summed E-state index contributed by atoms with van der Waals surface area (Å²) in [5.41, 5.74) is 4.84. The third kappa shape index (κ3) is 4.82. The highest BCUT2D eigenvalue weighted by Crippen LogP contribution is 2.40. The van der Waals surface area contributed by atoms with Gasteiger partial charge in [0.15, 0.2) is 0 Å². The van der Waals surface area contributed by atoms with E-state index in [0.717, 1.165) is 38.5 Å². The molecule has 6 nitrogen and oxygen atoms in total. The van der Waals surface area contributed by atoms with Gasteiger partial charge in [0.1, 0.15) is 22.6 Å². The van der Waals surface area contributed by atoms with Crippen molar-refractivity contribution in [3.05, 3.63) is 94.9 Å². The van der Waals surface area contributed by atoms with Crippen LogP contribution in [0.5, 0.6) is 11.5 Å². The number of amides is 1. The van der Waals surface area contributed by atoms with Crippen LogP contribution in [-0.4, -0.2) is 24.6 Å². The van der Waals surface area contributed by atoms with Crippen molar-refractivity contribution in [3.8, 4) is 40.0 Å². The summed E-state index contributed by atoms with van der Waals surface area (Å²) in [6.07, 6.45) is 0. The first-order valence-electron chi connectivity index (χ1n) is 12.1. The summed E-state index contributed by atoms with van der Waals surface area (Å²) in [6, 6.07) is 26.9. The van der Waals surface area contributed by atoms with Gasteiger partial charge in [-0.25, -0.2) is 4.98 Å². The zero-order chi connectivity index (χ0) is 26.6. The van der Waals surface area contributed by atoms with Crippen LogP contribution in [0.4, 0.5) is 5.00 Å². The fourth-order valence-corrected chi connectivity index (χ4v) is 5.46. The van der Waals surface area contributed by atoms with Gasteiger partial charge in [-0.2, -0.15) is 5.26 Å². The van der Waals surface area contributed by atoms with E-state index < -0.39 is 0 Å². The molecular formula is C31H25N3O3S. The van der Waals surface area contributed by atoms with Crippen molar-refractivity contribution in [1.82, 2.24) is 4.98 Å². The molecule has 2 aromatic heterocycles. The molecule has 1 N–H and O–H groups in total. The number of fused-ring (bicyclic) bond motifs is 1. The smallest absolute Gasteiger partial charge is 0.257 e. The molecule has 2 heterocycles. The lowest BCUT2D eigenvalue weighted by Gasteiger charge is -2.11. The van der Waals surface area contributed by atoms with Gasteiger partial charge >= 0.3 is 0 Å². The first-order valence-corrected chi connectivity index (χ1v) is 13.0. The Bertz CT molecular complexity index is 1680. The van der Waals surface area contributed by atoms with E-state index >= 15 is 0 Å². The molecule has 0 aliphatic carbocycles. The molecule has 1 amide bonds. The van der Waals surface area contributed by atoms with Gasteiger partial charge in [0.2, 0.25) is 0 Å². The molecule has 0 radical (unpaired) electrons. The maximum atomic E-state index is 13.7. The number of hydrogen-bond donors (Lipinski definition) is 1. The monoisotopic (exact) mass is 519 g/mol. The summed E-state index contributed by atoms with van der Waals surface area (Å²) in [6.45, 7) is 4.44. The first kappa shape index (κ1) is 25.0. The molecule has 38 heavy (non-hydrogen) atoms. The van der Waals surface area contributed by atoms with Gasteiger partial charge in [0.05, 0.1) is 36.1 Å². The van der Waals surface area contributed by atoms with Crippen LogP contribution in [0, 0.1) is 18.3 Å². The topological polar surface area (TPSA) is 84.2 Å². The molecule has 0 spiro atoms. The number of benzene rings is 3. The average molecular weight is 520 g/mol. The Morgan fingerprint density at radius 3 is 2.53 bits per heavy atom. The maximum Gasteiger partial charge on any atom is 0.257 e. The molecule has 5 rings (SSSR count). The first-order chi connectivity index (χ1) is 18.5. The maximum absolute atomic E-state index is 13.7. The van der Waals surface area contributed by atoms with Crippen LogP contribution in [0.1, 0.15) is 27.7 Å². The van der Waals surface area contributed by atoms with Crippen molar-refractivity contribution in [2.24, 2.45) is 0 Å². The van der Waals surface area contributed by atoms with E-state index in [9.17, 15) is 10.1 Å². The van der Waals surface area contributed by atoms with E-state index in [1.54, 1.807) is 13.2 Å². The number of hydrogen-bond acceptors (Lipinski definition) is 6. The molecule has 0 aliphatic heterocycles. The van der Waals surface area contributed by atoms with Crippen molar-refractivity contribution < 1.29 is 14.3 Å². The lowest BCUT2D eigenvalue weighted by molar-refractivity contribution is 0.102. The predicted molar refractivity (Wildman–Crippen MR) is 152 cm³/mol. The second-order valence-corrected chi connectivity index (χ2v) is 9.79. The minimum Gasteiger partial charge on any atom is -0.497 e. The number of nitriles is 1. The Morgan fingerprint density at radius 1 is 1.00 bits per heavy atom. The third-order valence-electron chi connectivity index (χ3n) is 6.20. The molecule has 0 saturated heterocycles. The predicted octanol–water partition coefficient (Wildman–Crippen LogP) is 7.47. The number of aromatic nitrogens is 1. The number of nitrogens with one attached hydrogen (secondary N) is 1. The van der Waals surface area contributed by atoms with E-state index in [4.69, 9.17) is 14.5 Å². The summed E-state index contributed by atoms with van der Waals surface area (Å²) in [5, 5.41) is 14.3. The molecule has 3 aromatic carbocycles. The number of carbonyl (C=O) groups is 1. The number of pyridine rings is 1. The van der Waals surface area contributed by atoms with Crippen LogP contribution in [0.2, 0.25) is 0 Å². The highest BCUT2D eigenvalue weighted by molar-refractivity contribution is 7.17. The zero-order valence-corrected chi connectivity index (χ0v) is 22.1. The molecule has 188 valence electrons. The van der Waals surface area contributed by atoms with Crippen molar-refractivity contribution in [1.29, 1.82) is 5.26 Å². The number of aryl methyl sites for hydroxylation is 1. The Labute approximate surface area is 225 Å². The number of carbonyl (C=O) groups excluding carboxylic acids is 1. The highest BCUT2D eigenvalue weighted by Gasteiger charge is 2.21. The van der Waals surface area contributed by atoms with Crippen LogP contribution < -0.4 is 14.8 Å². The van der Waals surface area contributed by atoms with Gasteiger partial charge < -0.3 is 14.8 Å². The lowest BCUT2D eigenvalue weighted by Crippen LogP contribution is -2.13. The van der Waals surface area contributed by atoms with Gasteiger partial charge in [-0.3, -0.25) is 4.79 Å².